The number of pyridine rings is 1. The largest absolute Gasteiger partial charge is 0.359 e. The third-order valence-electron chi connectivity index (χ3n) is 5.52. The van der Waals surface area contributed by atoms with E-state index in [0.717, 1.165) is 24.1 Å². The van der Waals surface area contributed by atoms with Crippen molar-refractivity contribution in [1.82, 2.24) is 25.0 Å². The van der Waals surface area contributed by atoms with Gasteiger partial charge in [-0.2, -0.15) is 0 Å². The summed E-state index contributed by atoms with van der Waals surface area (Å²) in [4.78, 5) is 21.5. The Morgan fingerprint density at radius 3 is 2.77 bits per heavy atom. The molecule has 1 aromatic carbocycles. The van der Waals surface area contributed by atoms with Crippen molar-refractivity contribution in [2.24, 2.45) is 0 Å². The number of hydrogen-bond acceptors (Lipinski definition) is 5. The first kappa shape index (κ1) is 18.5. The van der Waals surface area contributed by atoms with Gasteiger partial charge in [0.05, 0.1) is 18.4 Å². The van der Waals surface area contributed by atoms with Gasteiger partial charge in [0.2, 0.25) is 0 Å². The lowest BCUT2D eigenvalue weighted by atomic mass is 10.1. The van der Waals surface area contributed by atoms with Crippen LogP contribution in [0.15, 0.2) is 53.4 Å². The summed E-state index contributed by atoms with van der Waals surface area (Å²) in [6, 6.07) is 9.91. The molecule has 30 heavy (non-hydrogen) atoms. The number of hydrogen-bond donors (Lipinski definition) is 1. The molecule has 152 valence electrons. The van der Waals surface area contributed by atoms with Gasteiger partial charge >= 0.3 is 0 Å². The van der Waals surface area contributed by atoms with Crippen molar-refractivity contribution in [3.63, 3.8) is 0 Å². The molecule has 0 spiro atoms. The normalized spacial score (nSPS) is 14.4. The van der Waals surface area contributed by atoms with Crippen molar-refractivity contribution in [1.29, 1.82) is 0 Å². The molecule has 3 aromatic heterocycles. The van der Waals surface area contributed by atoms with Crippen molar-refractivity contribution in [2.45, 2.75) is 38.3 Å². The van der Waals surface area contributed by atoms with Crippen LogP contribution in [0.3, 0.4) is 0 Å². The summed E-state index contributed by atoms with van der Waals surface area (Å²) in [5.41, 5.74) is 3.30. The molecule has 0 unspecified atom stereocenters. The molecule has 1 aliphatic rings. The highest BCUT2D eigenvalue weighted by atomic mass is 19.1. The van der Waals surface area contributed by atoms with Gasteiger partial charge in [0.15, 0.2) is 11.4 Å². The van der Waals surface area contributed by atoms with E-state index in [2.05, 4.69) is 25.0 Å². The summed E-state index contributed by atoms with van der Waals surface area (Å²) in [5.74, 6) is -0.0739. The maximum Gasteiger partial charge on any atom is 0.253 e. The van der Waals surface area contributed by atoms with Gasteiger partial charge in [0.1, 0.15) is 17.0 Å². The summed E-state index contributed by atoms with van der Waals surface area (Å²) in [5, 5.41) is 6.78. The first-order valence-electron chi connectivity index (χ1n) is 10.00. The molecule has 0 bridgehead atoms. The number of imidazole rings is 1. The zero-order valence-corrected chi connectivity index (χ0v) is 16.2. The van der Waals surface area contributed by atoms with E-state index in [-0.39, 0.29) is 18.3 Å². The average molecular weight is 405 g/mol. The Labute approximate surface area is 171 Å². The van der Waals surface area contributed by atoms with Crippen LogP contribution in [0.2, 0.25) is 0 Å². The van der Waals surface area contributed by atoms with E-state index in [1.807, 2.05) is 6.33 Å². The van der Waals surface area contributed by atoms with E-state index in [1.165, 1.54) is 25.0 Å². The minimum atomic E-state index is -0.312. The smallest absolute Gasteiger partial charge is 0.253 e. The molecule has 7 nitrogen and oxygen atoms in total. The van der Waals surface area contributed by atoms with Crippen LogP contribution in [-0.2, 0) is 6.54 Å². The molecule has 0 saturated heterocycles. The predicted molar refractivity (Wildman–Crippen MR) is 108 cm³/mol. The van der Waals surface area contributed by atoms with Crippen LogP contribution in [0, 0.1) is 5.82 Å². The maximum absolute atomic E-state index is 13.1. The van der Waals surface area contributed by atoms with Crippen LogP contribution in [0.5, 0.6) is 0 Å². The Kier molecular flexibility index (Phi) is 4.74. The van der Waals surface area contributed by atoms with Gasteiger partial charge in [-0.15, -0.1) is 0 Å². The van der Waals surface area contributed by atoms with E-state index >= 15 is 0 Å². The van der Waals surface area contributed by atoms with Crippen LogP contribution in [0.1, 0.15) is 47.8 Å². The number of nitrogens with one attached hydrogen (secondary N) is 1. The molecule has 3 heterocycles. The Hall–Kier alpha value is -3.55. The quantitative estimate of drug-likeness (QED) is 0.536. The maximum atomic E-state index is 13.1. The molecular formula is C22H20FN5O2. The third-order valence-corrected chi connectivity index (χ3v) is 5.52. The molecule has 1 fully saturated rings. The van der Waals surface area contributed by atoms with Crippen molar-refractivity contribution in [2.75, 3.05) is 0 Å². The monoisotopic (exact) mass is 405 g/mol. The summed E-state index contributed by atoms with van der Waals surface area (Å²) in [7, 11) is 0. The lowest BCUT2D eigenvalue weighted by Gasteiger charge is -2.11. The average Bonchev–Trinajstić information content (AvgIpc) is 3.52. The van der Waals surface area contributed by atoms with Crippen LogP contribution in [0.4, 0.5) is 4.39 Å². The van der Waals surface area contributed by atoms with Gasteiger partial charge in [-0.1, -0.05) is 18.0 Å². The van der Waals surface area contributed by atoms with E-state index in [0.29, 0.717) is 28.6 Å². The third kappa shape index (κ3) is 3.56. The number of nitrogens with zero attached hydrogens (tertiary/aromatic N) is 4. The van der Waals surface area contributed by atoms with Gasteiger partial charge in [-0.25, -0.2) is 14.4 Å². The molecule has 1 aliphatic carbocycles. The number of carbonyl (C=O) groups is 1. The van der Waals surface area contributed by atoms with Crippen molar-refractivity contribution in [3.05, 3.63) is 66.1 Å². The molecule has 4 aromatic rings. The van der Waals surface area contributed by atoms with Gasteiger partial charge < -0.3 is 14.4 Å². The minimum Gasteiger partial charge on any atom is -0.359 e. The standard InChI is InChI=1S/C22H20FN5O2/c23-16-7-5-14(6-8-16)19-10-18(30-27-19)12-25-22(29)15-9-20-21(24-11-15)28(13-26-20)17-3-1-2-4-17/h5-11,13,17H,1-4,12H2,(H,25,29). The minimum absolute atomic E-state index is 0.182. The fourth-order valence-corrected chi connectivity index (χ4v) is 3.92. The summed E-state index contributed by atoms with van der Waals surface area (Å²) >= 11 is 0. The highest BCUT2D eigenvalue weighted by Crippen LogP contribution is 2.31. The molecule has 1 saturated carbocycles. The predicted octanol–water partition coefficient (Wildman–Crippen LogP) is 4.27. The van der Waals surface area contributed by atoms with Crippen LogP contribution < -0.4 is 5.32 Å². The number of halogens is 1. The number of aromatic nitrogens is 4. The highest BCUT2D eigenvalue weighted by molar-refractivity contribution is 5.96. The molecule has 0 aliphatic heterocycles. The summed E-state index contributed by atoms with van der Waals surface area (Å²) in [6.07, 6.45) is 8.15. The van der Waals surface area contributed by atoms with E-state index in [1.54, 1.807) is 30.5 Å². The van der Waals surface area contributed by atoms with Crippen LogP contribution in [0.25, 0.3) is 22.4 Å². The lowest BCUT2D eigenvalue weighted by molar-refractivity contribution is 0.0947. The number of fused-ring (bicyclic) bond motifs is 1. The van der Waals surface area contributed by atoms with Crippen molar-refractivity contribution in [3.8, 4) is 11.3 Å². The van der Waals surface area contributed by atoms with Crippen LogP contribution in [-0.4, -0.2) is 25.6 Å². The first-order valence-corrected chi connectivity index (χ1v) is 10.00. The fourth-order valence-electron chi connectivity index (χ4n) is 3.92. The Morgan fingerprint density at radius 2 is 1.97 bits per heavy atom. The molecule has 0 atom stereocenters. The van der Waals surface area contributed by atoms with Crippen molar-refractivity contribution < 1.29 is 13.7 Å². The molecule has 5 rings (SSSR count). The summed E-state index contributed by atoms with van der Waals surface area (Å²) < 4.78 is 20.5. The lowest BCUT2D eigenvalue weighted by Crippen LogP contribution is -2.22. The molecule has 8 heteroatoms. The fraction of sp³-hybridized carbons (Fsp3) is 0.273. The Morgan fingerprint density at radius 1 is 1.17 bits per heavy atom. The van der Waals surface area contributed by atoms with Gasteiger partial charge in [-0.05, 0) is 43.2 Å². The van der Waals surface area contributed by atoms with E-state index in [9.17, 15) is 9.18 Å². The van der Waals surface area contributed by atoms with Crippen LogP contribution >= 0.6 is 0 Å². The van der Waals surface area contributed by atoms with E-state index in [4.69, 9.17) is 4.52 Å². The Bertz CT molecular complexity index is 1190. The van der Waals surface area contributed by atoms with Gasteiger partial charge in [-0.3, -0.25) is 4.79 Å². The SMILES string of the molecule is O=C(NCc1cc(-c2ccc(F)cc2)no1)c1cnc2c(c1)ncn2C1CCCC1. The molecular weight excluding hydrogens is 385 g/mol. The molecule has 0 radical (unpaired) electrons. The van der Waals surface area contributed by atoms with Crippen molar-refractivity contribution >= 4 is 17.1 Å². The second-order valence-electron chi connectivity index (χ2n) is 7.52. The molecule has 1 N–H and O–H groups in total. The number of benzene rings is 1. The number of carbonyl (C=O) groups excluding carboxylic acids is 1. The number of amides is 1. The summed E-state index contributed by atoms with van der Waals surface area (Å²) in [6.45, 7) is 0.182. The second-order valence-corrected chi connectivity index (χ2v) is 7.52. The zero-order chi connectivity index (χ0) is 20.5. The Balaban J connectivity index is 1.26. The topological polar surface area (TPSA) is 85.8 Å². The second kappa shape index (κ2) is 7.70. The highest BCUT2D eigenvalue weighted by Gasteiger charge is 2.20. The van der Waals surface area contributed by atoms with E-state index < -0.39 is 0 Å². The zero-order valence-electron chi connectivity index (χ0n) is 16.2. The molecule has 1 amide bonds. The first-order chi connectivity index (χ1) is 14.7. The van der Waals surface area contributed by atoms with Gasteiger partial charge in [0, 0.05) is 23.9 Å². The van der Waals surface area contributed by atoms with Gasteiger partial charge in [0.25, 0.3) is 5.91 Å². The number of rotatable bonds is 5.